The molecule has 0 fully saturated rings. The zero-order valence-electron chi connectivity index (χ0n) is 12.4. The minimum absolute atomic E-state index is 0.109. The van der Waals surface area contributed by atoms with Gasteiger partial charge in [0.05, 0.1) is 19.4 Å². The molecule has 0 aromatic heterocycles. The molecular weight excluding hydrogens is 282 g/mol. The summed E-state index contributed by atoms with van der Waals surface area (Å²) in [5.74, 6) is 0.0814. The maximum Gasteiger partial charge on any atom is 0.339 e. The van der Waals surface area contributed by atoms with Crippen molar-refractivity contribution in [3.05, 3.63) is 53.6 Å². The number of rotatable bonds is 6. The van der Waals surface area contributed by atoms with E-state index >= 15 is 0 Å². The number of ether oxygens (including phenoxy) is 2. The SMILES string of the molecule is CCOc1ccc(N=Cc2ccc(OC)c(C(=O)O)c2)cc1. The van der Waals surface area contributed by atoms with Gasteiger partial charge in [0, 0.05) is 6.21 Å². The first kappa shape index (κ1) is 15.6. The number of nitrogens with zero attached hydrogens (tertiary/aromatic N) is 1. The Bertz CT molecular complexity index is 678. The van der Waals surface area contributed by atoms with Gasteiger partial charge in [0.1, 0.15) is 17.1 Å². The number of aromatic carboxylic acids is 1. The van der Waals surface area contributed by atoms with Gasteiger partial charge in [-0.1, -0.05) is 0 Å². The Morgan fingerprint density at radius 2 is 1.95 bits per heavy atom. The second-order valence-corrected chi connectivity index (χ2v) is 4.45. The van der Waals surface area contributed by atoms with Crippen LogP contribution in [0.1, 0.15) is 22.8 Å². The van der Waals surface area contributed by atoms with Gasteiger partial charge in [-0.3, -0.25) is 4.99 Å². The summed E-state index contributed by atoms with van der Waals surface area (Å²) in [7, 11) is 1.44. The van der Waals surface area contributed by atoms with Crippen molar-refractivity contribution in [1.29, 1.82) is 0 Å². The van der Waals surface area contributed by atoms with E-state index < -0.39 is 5.97 Å². The number of carboxylic acids is 1. The van der Waals surface area contributed by atoms with Crippen LogP contribution >= 0.6 is 0 Å². The third-order valence-corrected chi connectivity index (χ3v) is 2.96. The van der Waals surface area contributed by atoms with Crippen LogP contribution in [-0.4, -0.2) is 31.0 Å². The van der Waals surface area contributed by atoms with Crippen molar-refractivity contribution >= 4 is 17.9 Å². The minimum atomic E-state index is -1.03. The lowest BCUT2D eigenvalue weighted by molar-refractivity contribution is 0.0693. The van der Waals surface area contributed by atoms with Gasteiger partial charge in [-0.15, -0.1) is 0 Å². The highest BCUT2D eigenvalue weighted by Crippen LogP contribution is 2.21. The van der Waals surface area contributed by atoms with Crippen molar-refractivity contribution in [2.24, 2.45) is 4.99 Å². The molecule has 5 heteroatoms. The Hall–Kier alpha value is -2.82. The van der Waals surface area contributed by atoms with E-state index in [4.69, 9.17) is 14.6 Å². The van der Waals surface area contributed by atoms with Gasteiger partial charge in [-0.2, -0.15) is 0 Å². The van der Waals surface area contributed by atoms with Crippen LogP contribution in [0.4, 0.5) is 5.69 Å². The third-order valence-electron chi connectivity index (χ3n) is 2.96. The van der Waals surface area contributed by atoms with E-state index in [2.05, 4.69) is 4.99 Å². The van der Waals surface area contributed by atoms with Gasteiger partial charge in [0.25, 0.3) is 0 Å². The van der Waals surface area contributed by atoms with Crippen LogP contribution in [0.25, 0.3) is 0 Å². The highest BCUT2D eigenvalue weighted by molar-refractivity contribution is 5.94. The molecular formula is C17H17NO4. The number of carboxylic acid groups (broad SMARTS) is 1. The second-order valence-electron chi connectivity index (χ2n) is 4.45. The lowest BCUT2D eigenvalue weighted by atomic mass is 10.1. The highest BCUT2D eigenvalue weighted by Gasteiger charge is 2.10. The summed E-state index contributed by atoms with van der Waals surface area (Å²) in [4.78, 5) is 15.5. The molecule has 2 aromatic carbocycles. The smallest absolute Gasteiger partial charge is 0.339 e. The molecule has 0 aliphatic carbocycles. The van der Waals surface area contributed by atoms with Crippen LogP contribution in [0.15, 0.2) is 47.5 Å². The predicted octanol–water partition coefficient (Wildman–Crippen LogP) is 3.54. The molecule has 0 saturated heterocycles. The number of hydrogen-bond donors (Lipinski definition) is 1. The van der Waals surface area contributed by atoms with Crippen molar-refractivity contribution in [3.63, 3.8) is 0 Å². The maximum absolute atomic E-state index is 11.2. The quantitative estimate of drug-likeness (QED) is 0.828. The van der Waals surface area contributed by atoms with Gasteiger partial charge < -0.3 is 14.6 Å². The molecule has 0 aliphatic heterocycles. The second kappa shape index (κ2) is 7.26. The van der Waals surface area contributed by atoms with Crippen LogP contribution in [0.3, 0.4) is 0 Å². The molecule has 0 bridgehead atoms. The van der Waals surface area contributed by atoms with Crippen molar-refractivity contribution in [1.82, 2.24) is 0 Å². The van der Waals surface area contributed by atoms with Crippen molar-refractivity contribution in [3.8, 4) is 11.5 Å². The van der Waals surface area contributed by atoms with Crippen molar-refractivity contribution < 1.29 is 19.4 Å². The summed E-state index contributed by atoms with van der Waals surface area (Å²) in [6.45, 7) is 2.54. The first-order valence-corrected chi connectivity index (χ1v) is 6.82. The van der Waals surface area contributed by atoms with Crippen molar-refractivity contribution in [2.75, 3.05) is 13.7 Å². The Morgan fingerprint density at radius 1 is 1.23 bits per heavy atom. The number of hydrogen-bond acceptors (Lipinski definition) is 4. The number of methoxy groups -OCH3 is 1. The summed E-state index contributed by atoms with van der Waals surface area (Å²) in [5.41, 5.74) is 1.56. The van der Waals surface area contributed by atoms with Crippen LogP contribution in [-0.2, 0) is 0 Å². The zero-order valence-corrected chi connectivity index (χ0v) is 12.4. The normalized spacial score (nSPS) is 10.6. The standard InChI is InChI=1S/C17H17NO4/c1-3-22-14-7-5-13(6-8-14)18-11-12-4-9-16(21-2)15(10-12)17(19)20/h4-11H,3H2,1-2H3,(H,19,20). The fraction of sp³-hybridized carbons (Fsp3) is 0.176. The molecule has 0 heterocycles. The van der Waals surface area contributed by atoms with E-state index in [-0.39, 0.29) is 5.56 Å². The molecule has 0 radical (unpaired) electrons. The Morgan fingerprint density at radius 3 is 2.55 bits per heavy atom. The molecule has 22 heavy (non-hydrogen) atoms. The minimum Gasteiger partial charge on any atom is -0.496 e. The topological polar surface area (TPSA) is 68.1 Å². The molecule has 2 rings (SSSR count). The van der Waals surface area contributed by atoms with Crippen LogP contribution < -0.4 is 9.47 Å². The van der Waals surface area contributed by atoms with Crippen LogP contribution in [0.2, 0.25) is 0 Å². The number of aliphatic imine (C=N–C) groups is 1. The Kier molecular flexibility index (Phi) is 5.14. The fourth-order valence-corrected chi connectivity index (χ4v) is 1.92. The molecule has 1 N–H and O–H groups in total. The largest absolute Gasteiger partial charge is 0.496 e. The Balaban J connectivity index is 2.19. The summed E-state index contributed by atoms with van der Waals surface area (Å²) in [5, 5.41) is 9.15. The Labute approximate surface area is 128 Å². The molecule has 0 aliphatic rings. The average Bonchev–Trinajstić information content (AvgIpc) is 2.54. The number of carbonyl (C=O) groups is 1. The summed E-state index contributed by atoms with van der Waals surface area (Å²) in [6.07, 6.45) is 1.61. The molecule has 0 unspecified atom stereocenters. The average molecular weight is 299 g/mol. The summed E-state index contributed by atoms with van der Waals surface area (Å²) < 4.78 is 10.4. The first-order chi connectivity index (χ1) is 10.6. The summed E-state index contributed by atoms with van der Waals surface area (Å²) in [6, 6.07) is 12.2. The zero-order chi connectivity index (χ0) is 15.9. The fourth-order valence-electron chi connectivity index (χ4n) is 1.92. The van der Waals surface area contributed by atoms with E-state index in [1.54, 1.807) is 18.3 Å². The first-order valence-electron chi connectivity index (χ1n) is 6.82. The molecule has 0 saturated carbocycles. The highest BCUT2D eigenvalue weighted by atomic mass is 16.5. The monoisotopic (exact) mass is 299 g/mol. The molecule has 0 atom stereocenters. The van der Waals surface area contributed by atoms with E-state index in [1.165, 1.54) is 13.2 Å². The maximum atomic E-state index is 11.2. The van der Waals surface area contributed by atoms with Gasteiger partial charge in [0.15, 0.2) is 0 Å². The van der Waals surface area contributed by atoms with Crippen LogP contribution in [0, 0.1) is 0 Å². The predicted molar refractivity (Wildman–Crippen MR) is 84.8 cm³/mol. The van der Waals surface area contributed by atoms with Gasteiger partial charge >= 0.3 is 5.97 Å². The third kappa shape index (κ3) is 3.85. The van der Waals surface area contributed by atoms with Gasteiger partial charge in [0.2, 0.25) is 0 Å². The molecule has 114 valence electrons. The lowest BCUT2D eigenvalue weighted by Crippen LogP contribution is -2.01. The van der Waals surface area contributed by atoms with Gasteiger partial charge in [-0.25, -0.2) is 4.79 Å². The summed E-state index contributed by atoms with van der Waals surface area (Å²) >= 11 is 0. The molecule has 5 nitrogen and oxygen atoms in total. The lowest BCUT2D eigenvalue weighted by Gasteiger charge is -2.05. The van der Waals surface area contributed by atoms with E-state index in [0.29, 0.717) is 17.9 Å². The van der Waals surface area contributed by atoms with Crippen LogP contribution in [0.5, 0.6) is 11.5 Å². The molecule has 2 aromatic rings. The van der Waals surface area contributed by atoms with E-state index in [0.717, 1.165) is 11.4 Å². The number of benzene rings is 2. The van der Waals surface area contributed by atoms with E-state index in [1.807, 2.05) is 31.2 Å². The molecule has 0 spiro atoms. The van der Waals surface area contributed by atoms with E-state index in [9.17, 15) is 4.79 Å². The molecule has 0 amide bonds. The van der Waals surface area contributed by atoms with Gasteiger partial charge in [-0.05, 0) is 55.0 Å². The van der Waals surface area contributed by atoms with Crippen molar-refractivity contribution in [2.45, 2.75) is 6.92 Å².